The Hall–Kier alpha value is -1.45. The van der Waals surface area contributed by atoms with E-state index in [-0.39, 0.29) is 0 Å². The summed E-state index contributed by atoms with van der Waals surface area (Å²) in [5.74, 6) is 0. The molecule has 1 N–H and O–H groups in total. The molecule has 2 aromatic rings. The Balaban J connectivity index is 2.36. The molecule has 3 heteroatoms. The van der Waals surface area contributed by atoms with Gasteiger partial charge in [0.05, 0.1) is 5.52 Å². The Morgan fingerprint density at radius 3 is 2.89 bits per heavy atom. The number of ether oxygens (including phenoxy) is 1. The van der Waals surface area contributed by atoms with Gasteiger partial charge in [0, 0.05) is 31.3 Å². The van der Waals surface area contributed by atoms with Gasteiger partial charge in [0.1, 0.15) is 0 Å². The zero-order valence-corrected chi connectivity index (χ0v) is 11.0. The molecular weight excluding hydrogens is 224 g/mol. The fourth-order valence-corrected chi connectivity index (χ4v) is 2.26. The highest BCUT2D eigenvalue weighted by molar-refractivity contribution is 5.81. The molecule has 96 valence electrons. The van der Waals surface area contributed by atoms with E-state index in [1.807, 2.05) is 12.3 Å². The van der Waals surface area contributed by atoms with Gasteiger partial charge >= 0.3 is 0 Å². The van der Waals surface area contributed by atoms with Crippen molar-refractivity contribution in [3.63, 3.8) is 0 Å². The second-order valence-electron chi connectivity index (χ2n) is 4.31. The predicted molar refractivity (Wildman–Crippen MR) is 74.7 cm³/mol. The largest absolute Gasteiger partial charge is 0.385 e. The van der Waals surface area contributed by atoms with E-state index in [2.05, 4.69) is 41.5 Å². The Bertz CT molecular complexity index is 493. The van der Waals surface area contributed by atoms with Crippen LogP contribution in [0, 0.1) is 0 Å². The van der Waals surface area contributed by atoms with Gasteiger partial charge < -0.3 is 10.1 Å². The van der Waals surface area contributed by atoms with Gasteiger partial charge in [-0.2, -0.15) is 0 Å². The molecule has 1 atom stereocenters. The lowest BCUT2D eigenvalue weighted by Crippen LogP contribution is -2.22. The first kappa shape index (κ1) is 13.0. The molecule has 0 saturated carbocycles. The molecule has 18 heavy (non-hydrogen) atoms. The molecule has 0 amide bonds. The van der Waals surface area contributed by atoms with Crippen molar-refractivity contribution in [1.82, 2.24) is 10.3 Å². The molecule has 0 aliphatic heterocycles. The van der Waals surface area contributed by atoms with Crippen molar-refractivity contribution in [2.75, 3.05) is 20.3 Å². The Morgan fingerprint density at radius 2 is 2.11 bits per heavy atom. The zero-order valence-electron chi connectivity index (χ0n) is 11.0. The molecule has 1 aromatic carbocycles. The Kier molecular flexibility index (Phi) is 4.67. The molecule has 3 nitrogen and oxygen atoms in total. The van der Waals surface area contributed by atoms with Crippen LogP contribution < -0.4 is 5.32 Å². The minimum absolute atomic E-state index is 0.300. The second kappa shape index (κ2) is 6.47. The van der Waals surface area contributed by atoms with Crippen LogP contribution in [0.25, 0.3) is 10.9 Å². The highest BCUT2D eigenvalue weighted by Crippen LogP contribution is 2.24. The average molecular weight is 244 g/mol. The van der Waals surface area contributed by atoms with E-state index in [0.717, 1.165) is 25.1 Å². The third-order valence-electron chi connectivity index (χ3n) is 3.10. The third kappa shape index (κ3) is 2.86. The third-order valence-corrected chi connectivity index (χ3v) is 3.10. The van der Waals surface area contributed by atoms with Gasteiger partial charge in [0.15, 0.2) is 0 Å². The van der Waals surface area contributed by atoms with E-state index in [1.54, 1.807) is 7.11 Å². The van der Waals surface area contributed by atoms with Crippen molar-refractivity contribution in [3.05, 3.63) is 42.1 Å². The number of rotatable bonds is 6. The summed E-state index contributed by atoms with van der Waals surface area (Å²) in [5, 5.41) is 4.70. The number of nitrogens with zero attached hydrogens (tertiary/aromatic N) is 1. The van der Waals surface area contributed by atoms with Crippen molar-refractivity contribution >= 4 is 10.9 Å². The van der Waals surface area contributed by atoms with Crippen LogP contribution in [0.15, 0.2) is 36.5 Å². The molecular formula is C15H20N2O. The first-order valence-corrected chi connectivity index (χ1v) is 6.42. The van der Waals surface area contributed by atoms with E-state index in [1.165, 1.54) is 10.9 Å². The van der Waals surface area contributed by atoms with Crippen LogP contribution in [0.3, 0.4) is 0 Å². The number of methoxy groups -OCH3 is 1. The summed E-state index contributed by atoms with van der Waals surface area (Å²) in [6, 6.07) is 10.7. The summed E-state index contributed by atoms with van der Waals surface area (Å²) < 4.78 is 5.19. The van der Waals surface area contributed by atoms with Crippen LogP contribution >= 0.6 is 0 Å². The van der Waals surface area contributed by atoms with Crippen LogP contribution in [0.5, 0.6) is 0 Å². The van der Waals surface area contributed by atoms with Crippen molar-refractivity contribution < 1.29 is 4.74 Å². The molecule has 0 fully saturated rings. The molecule has 0 aliphatic carbocycles. The quantitative estimate of drug-likeness (QED) is 0.848. The number of fused-ring (bicyclic) bond motifs is 1. The highest BCUT2D eigenvalue weighted by atomic mass is 16.5. The van der Waals surface area contributed by atoms with E-state index in [4.69, 9.17) is 4.74 Å². The zero-order chi connectivity index (χ0) is 12.8. The van der Waals surface area contributed by atoms with E-state index in [9.17, 15) is 0 Å². The molecule has 0 radical (unpaired) electrons. The smallest absolute Gasteiger partial charge is 0.0749 e. The van der Waals surface area contributed by atoms with Crippen LogP contribution in [-0.2, 0) is 4.74 Å². The van der Waals surface area contributed by atoms with Crippen LogP contribution in [0.1, 0.15) is 24.9 Å². The van der Waals surface area contributed by atoms with Gasteiger partial charge in [-0.05, 0) is 24.6 Å². The van der Waals surface area contributed by atoms with Crippen LogP contribution in [0.2, 0.25) is 0 Å². The van der Waals surface area contributed by atoms with E-state index in [0.29, 0.717) is 6.04 Å². The fourth-order valence-electron chi connectivity index (χ4n) is 2.26. The summed E-state index contributed by atoms with van der Waals surface area (Å²) in [6.07, 6.45) is 2.81. The number of nitrogens with one attached hydrogen (secondary N) is 1. The van der Waals surface area contributed by atoms with Crippen LogP contribution in [-0.4, -0.2) is 25.2 Å². The van der Waals surface area contributed by atoms with E-state index >= 15 is 0 Å². The van der Waals surface area contributed by atoms with Gasteiger partial charge in [-0.25, -0.2) is 0 Å². The van der Waals surface area contributed by atoms with Crippen molar-refractivity contribution in [1.29, 1.82) is 0 Å². The van der Waals surface area contributed by atoms with Gasteiger partial charge in [0.2, 0.25) is 0 Å². The second-order valence-corrected chi connectivity index (χ2v) is 4.31. The summed E-state index contributed by atoms with van der Waals surface area (Å²) in [4.78, 5) is 4.51. The normalized spacial score (nSPS) is 12.8. The standard InChI is InChI=1S/C15H20N2O/c1-3-16-14(9-11-18-2)13-8-4-6-12-7-5-10-17-15(12)13/h4-8,10,14,16H,3,9,11H2,1-2H3. The predicted octanol–water partition coefficient (Wildman–Crippen LogP) is 2.92. The highest BCUT2D eigenvalue weighted by Gasteiger charge is 2.13. The van der Waals surface area contributed by atoms with Gasteiger partial charge in [-0.3, -0.25) is 4.98 Å². The minimum Gasteiger partial charge on any atom is -0.385 e. The Labute approximate surface area is 108 Å². The molecule has 0 saturated heterocycles. The van der Waals surface area contributed by atoms with Crippen molar-refractivity contribution in [2.24, 2.45) is 0 Å². The number of hydrogen-bond acceptors (Lipinski definition) is 3. The van der Waals surface area contributed by atoms with Gasteiger partial charge in [0.25, 0.3) is 0 Å². The maximum absolute atomic E-state index is 5.19. The molecule has 1 aromatic heterocycles. The monoisotopic (exact) mass is 244 g/mol. The van der Waals surface area contributed by atoms with E-state index < -0.39 is 0 Å². The first-order valence-electron chi connectivity index (χ1n) is 6.42. The van der Waals surface area contributed by atoms with Crippen molar-refractivity contribution in [3.8, 4) is 0 Å². The van der Waals surface area contributed by atoms with Crippen molar-refractivity contribution in [2.45, 2.75) is 19.4 Å². The lowest BCUT2D eigenvalue weighted by atomic mass is 10.0. The lowest BCUT2D eigenvalue weighted by molar-refractivity contribution is 0.183. The van der Waals surface area contributed by atoms with Gasteiger partial charge in [-0.1, -0.05) is 31.2 Å². The molecule has 2 rings (SSSR count). The Morgan fingerprint density at radius 1 is 1.28 bits per heavy atom. The summed E-state index contributed by atoms with van der Waals surface area (Å²) in [7, 11) is 1.74. The maximum Gasteiger partial charge on any atom is 0.0749 e. The molecule has 0 spiro atoms. The summed E-state index contributed by atoms with van der Waals surface area (Å²) >= 11 is 0. The van der Waals surface area contributed by atoms with Gasteiger partial charge in [-0.15, -0.1) is 0 Å². The number of para-hydroxylation sites is 1. The maximum atomic E-state index is 5.19. The minimum atomic E-state index is 0.300. The SMILES string of the molecule is CCNC(CCOC)c1cccc2cccnc12. The fraction of sp³-hybridized carbons (Fsp3) is 0.400. The summed E-state index contributed by atoms with van der Waals surface area (Å²) in [5.41, 5.74) is 2.34. The molecule has 0 bridgehead atoms. The van der Waals surface area contributed by atoms with Crippen LogP contribution in [0.4, 0.5) is 0 Å². The number of aromatic nitrogens is 1. The average Bonchev–Trinajstić information content (AvgIpc) is 2.43. The summed E-state index contributed by atoms with van der Waals surface area (Å²) in [6.45, 7) is 3.82. The number of pyridine rings is 1. The number of benzene rings is 1. The topological polar surface area (TPSA) is 34.1 Å². The first-order chi connectivity index (χ1) is 8.86. The molecule has 1 heterocycles. The lowest BCUT2D eigenvalue weighted by Gasteiger charge is -2.19. The number of hydrogen-bond donors (Lipinski definition) is 1. The molecule has 0 aliphatic rings. The molecule has 1 unspecified atom stereocenters.